The number of methoxy groups -OCH3 is 1. The molecule has 4 nitrogen and oxygen atoms in total. The lowest BCUT2D eigenvalue weighted by atomic mass is 10.2. The van der Waals surface area contributed by atoms with E-state index in [1.165, 1.54) is 7.11 Å². The molecule has 0 aliphatic carbocycles. The summed E-state index contributed by atoms with van der Waals surface area (Å²) in [6, 6.07) is 4.99. The number of hydrogen-bond acceptors (Lipinski definition) is 4. The zero-order valence-electron chi connectivity index (χ0n) is 7.99. The molecule has 2 N–H and O–H groups in total. The number of hydrogen-bond donors (Lipinski definition) is 2. The quantitative estimate of drug-likeness (QED) is 0.747. The molecule has 0 spiro atoms. The molecule has 0 saturated carbocycles. The van der Waals surface area contributed by atoms with Crippen LogP contribution in [0.25, 0.3) is 0 Å². The second-order valence-electron chi connectivity index (χ2n) is 3.23. The van der Waals surface area contributed by atoms with Crippen LogP contribution in [0.2, 0.25) is 0 Å². The van der Waals surface area contributed by atoms with Crippen molar-refractivity contribution in [3.8, 4) is 17.2 Å². The minimum absolute atomic E-state index is 0.131. The summed E-state index contributed by atoms with van der Waals surface area (Å²) in [6.07, 6.45) is 0.240. The fraction of sp³-hybridized carbons (Fsp3) is 0.400. The second kappa shape index (κ2) is 3.75. The highest BCUT2D eigenvalue weighted by Gasteiger charge is 2.18. The topological polar surface area (TPSA) is 50.7 Å². The lowest BCUT2D eigenvalue weighted by molar-refractivity contribution is 0.141. The van der Waals surface area contributed by atoms with Crippen LogP contribution in [0, 0.1) is 0 Å². The van der Waals surface area contributed by atoms with Crippen molar-refractivity contribution in [2.45, 2.75) is 6.10 Å². The van der Waals surface area contributed by atoms with E-state index in [4.69, 9.17) is 9.47 Å². The van der Waals surface area contributed by atoms with E-state index in [2.05, 4.69) is 5.32 Å². The molecule has 1 heterocycles. The van der Waals surface area contributed by atoms with E-state index in [9.17, 15) is 5.11 Å². The smallest absolute Gasteiger partial charge is 0.164 e. The predicted octanol–water partition coefficient (Wildman–Crippen LogP) is 0.751. The molecule has 1 aliphatic heterocycles. The second-order valence-corrected chi connectivity index (χ2v) is 3.23. The predicted molar refractivity (Wildman–Crippen MR) is 51.9 cm³/mol. The van der Waals surface area contributed by atoms with Gasteiger partial charge in [-0.25, -0.2) is 0 Å². The van der Waals surface area contributed by atoms with Crippen LogP contribution in [0.1, 0.15) is 0 Å². The zero-order valence-corrected chi connectivity index (χ0v) is 7.99. The highest BCUT2D eigenvalue weighted by atomic mass is 16.5. The summed E-state index contributed by atoms with van der Waals surface area (Å²) in [4.78, 5) is 0. The molecule has 76 valence electrons. The third-order valence-electron chi connectivity index (χ3n) is 2.20. The number of nitrogens with one attached hydrogen (secondary N) is 1. The molecule has 0 amide bonds. The number of rotatable bonds is 3. The first kappa shape index (κ1) is 9.15. The molecule has 1 aromatic rings. The first-order valence-corrected chi connectivity index (χ1v) is 4.54. The highest BCUT2D eigenvalue weighted by molar-refractivity contribution is 5.44. The summed E-state index contributed by atoms with van der Waals surface area (Å²) in [5, 5.41) is 12.5. The summed E-state index contributed by atoms with van der Waals surface area (Å²) in [5.41, 5.74) is 0. The maximum atomic E-state index is 9.35. The average Bonchev–Trinajstić information content (AvgIpc) is 2.14. The van der Waals surface area contributed by atoms with Crippen molar-refractivity contribution in [2.24, 2.45) is 0 Å². The van der Waals surface area contributed by atoms with Crippen LogP contribution < -0.4 is 14.8 Å². The fourth-order valence-corrected chi connectivity index (χ4v) is 1.27. The molecule has 1 fully saturated rings. The number of phenolic OH excluding ortho intramolecular Hbond substituents is 1. The van der Waals surface area contributed by atoms with Gasteiger partial charge in [0.05, 0.1) is 7.11 Å². The Morgan fingerprint density at radius 2 is 2.21 bits per heavy atom. The molecule has 1 aliphatic rings. The van der Waals surface area contributed by atoms with Gasteiger partial charge in [0.1, 0.15) is 11.9 Å². The van der Waals surface area contributed by atoms with E-state index < -0.39 is 0 Å². The maximum Gasteiger partial charge on any atom is 0.164 e. The van der Waals surface area contributed by atoms with Gasteiger partial charge in [0, 0.05) is 19.2 Å². The van der Waals surface area contributed by atoms with Crippen molar-refractivity contribution in [3.05, 3.63) is 18.2 Å². The molecule has 14 heavy (non-hydrogen) atoms. The van der Waals surface area contributed by atoms with Gasteiger partial charge in [-0.2, -0.15) is 0 Å². The Balaban J connectivity index is 2.09. The molecule has 0 atom stereocenters. The van der Waals surface area contributed by atoms with Crippen molar-refractivity contribution in [3.63, 3.8) is 0 Å². The maximum absolute atomic E-state index is 9.35. The Kier molecular flexibility index (Phi) is 2.45. The van der Waals surface area contributed by atoms with Crippen molar-refractivity contribution in [1.82, 2.24) is 5.32 Å². The van der Waals surface area contributed by atoms with E-state index >= 15 is 0 Å². The van der Waals surface area contributed by atoms with Crippen molar-refractivity contribution in [2.75, 3.05) is 20.2 Å². The van der Waals surface area contributed by atoms with E-state index in [1.54, 1.807) is 18.2 Å². The first-order valence-electron chi connectivity index (χ1n) is 4.54. The zero-order chi connectivity index (χ0) is 9.97. The molecule has 1 aromatic carbocycles. The van der Waals surface area contributed by atoms with Crippen LogP contribution in [0.15, 0.2) is 18.2 Å². The van der Waals surface area contributed by atoms with Gasteiger partial charge >= 0.3 is 0 Å². The van der Waals surface area contributed by atoms with Crippen LogP contribution in [-0.2, 0) is 0 Å². The number of phenols is 1. The summed E-state index contributed by atoms with van der Waals surface area (Å²) >= 11 is 0. The lowest BCUT2D eigenvalue weighted by Gasteiger charge is -2.27. The summed E-state index contributed by atoms with van der Waals surface area (Å²) in [5.74, 6) is 1.30. The average molecular weight is 195 g/mol. The Bertz CT molecular complexity index is 323. The van der Waals surface area contributed by atoms with E-state index in [1.807, 2.05) is 0 Å². The Labute approximate surface area is 82.5 Å². The highest BCUT2D eigenvalue weighted by Crippen LogP contribution is 2.30. The third-order valence-corrected chi connectivity index (χ3v) is 2.20. The molecule has 0 unspecified atom stereocenters. The van der Waals surface area contributed by atoms with E-state index in [0.29, 0.717) is 5.75 Å². The lowest BCUT2D eigenvalue weighted by Crippen LogP contribution is -2.50. The van der Waals surface area contributed by atoms with Crippen LogP contribution in [0.3, 0.4) is 0 Å². The van der Waals surface area contributed by atoms with Crippen LogP contribution >= 0.6 is 0 Å². The molecule has 2 rings (SSSR count). The van der Waals surface area contributed by atoms with E-state index in [-0.39, 0.29) is 11.9 Å². The van der Waals surface area contributed by atoms with Crippen LogP contribution in [0.4, 0.5) is 0 Å². The van der Waals surface area contributed by atoms with E-state index in [0.717, 1.165) is 18.8 Å². The molecule has 1 saturated heterocycles. The van der Waals surface area contributed by atoms with Crippen molar-refractivity contribution >= 4 is 0 Å². The van der Waals surface area contributed by atoms with Gasteiger partial charge < -0.3 is 19.9 Å². The van der Waals surface area contributed by atoms with Gasteiger partial charge in [0.15, 0.2) is 11.5 Å². The number of benzene rings is 1. The normalized spacial score (nSPS) is 16.1. The fourth-order valence-electron chi connectivity index (χ4n) is 1.27. The molecule has 0 radical (unpaired) electrons. The first-order chi connectivity index (χ1) is 6.79. The Morgan fingerprint density at radius 1 is 1.43 bits per heavy atom. The van der Waals surface area contributed by atoms with Gasteiger partial charge in [-0.15, -0.1) is 0 Å². The van der Waals surface area contributed by atoms with Gasteiger partial charge in [0.25, 0.3) is 0 Å². The number of ether oxygens (including phenoxy) is 2. The monoisotopic (exact) mass is 195 g/mol. The Morgan fingerprint density at radius 3 is 2.79 bits per heavy atom. The third kappa shape index (κ3) is 1.75. The van der Waals surface area contributed by atoms with Crippen molar-refractivity contribution in [1.29, 1.82) is 0 Å². The molecular formula is C10H13NO3. The number of aromatic hydroxyl groups is 1. The summed E-state index contributed by atoms with van der Waals surface area (Å²) in [6.45, 7) is 1.76. The van der Waals surface area contributed by atoms with Gasteiger partial charge in [-0.1, -0.05) is 0 Å². The van der Waals surface area contributed by atoms with Crippen molar-refractivity contribution < 1.29 is 14.6 Å². The Hall–Kier alpha value is -1.42. The van der Waals surface area contributed by atoms with Gasteiger partial charge in [0.2, 0.25) is 0 Å². The standard InChI is InChI=1S/C10H13NO3/c1-13-10-4-7(2-3-9(10)12)14-8-5-11-6-8/h2-4,8,11-12H,5-6H2,1H3. The minimum Gasteiger partial charge on any atom is -0.504 e. The summed E-state index contributed by atoms with van der Waals surface area (Å²) < 4.78 is 10.6. The molecule has 4 heteroatoms. The van der Waals surface area contributed by atoms with Gasteiger partial charge in [-0.3, -0.25) is 0 Å². The summed E-state index contributed by atoms with van der Waals surface area (Å²) in [7, 11) is 1.52. The largest absolute Gasteiger partial charge is 0.504 e. The molecular weight excluding hydrogens is 182 g/mol. The van der Waals surface area contributed by atoms with Crippen LogP contribution in [-0.4, -0.2) is 31.4 Å². The SMILES string of the molecule is COc1cc(OC2CNC2)ccc1O. The van der Waals surface area contributed by atoms with Gasteiger partial charge in [-0.05, 0) is 12.1 Å². The molecule has 0 bridgehead atoms. The minimum atomic E-state index is 0.131. The molecule has 0 aromatic heterocycles. The van der Waals surface area contributed by atoms with Crippen LogP contribution in [0.5, 0.6) is 17.2 Å².